The summed E-state index contributed by atoms with van der Waals surface area (Å²) in [4.78, 5) is 14.3. The van der Waals surface area contributed by atoms with Crippen molar-refractivity contribution in [3.05, 3.63) is 71.5 Å². The highest BCUT2D eigenvalue weighted by Gasteiger charge is 2.25. The third kappa shape index (κ3) is 4.99. The zero-order valence-corrected chi connectivity index (χ0v) is 18.8. The maximum atomic E-state index is 11.8. The second kappa shape index (κ2) is 10.1. The van der Waals surface area contributed by atoms with Gasteiger partial charge in [0.25, 0.3) is 0 Å². The van der Waals surface area contributed by atoms with Crippen molar-refractivity contribution in [2.24, 2.45) is 0 Å². The summed E-state index contributed by atoms with van der Waals surface area (Å²) in [5.41, 5.74) is 2.67. The number of methoxy groups -OCH3 is 1. The molecular weight excluding hydrogens is 408 g/mol. The van der Waals surface area contributed by atoms with Crippen LogP contribution in [0.15, 0.2) is 59.8 Å². The van der Waals surface area contributed by atoms with Gasteiger partial charge in [0, 0.05) is 11.4 Å². The molecule has 0 aliphatic carbocycles. The van der Waals surface area contributed by atoms with Crippen molar-refractivity contribution in [1.29, 1.82) is 0 Å². The molecule has 0 N–H and O–H groups in total. The first kappa shape index (κ1) is 21.6. The van der Waals surface area contributed by atoms with E-state index in [1.807, 2.05) is 36.4 Å². The molecule has 7 heteroatoms. The molecule has 31 heavy (non-hydrogen) atoms. The van der Waals surface area contributed by atoms with Crippen LogP contribution in [0.25, 0.3) is 5.69 Å². The molecule has 6 nitrogen and oxygen atoms in total. The minimum atomic E-state index is -0.322. The number of benzene rings is 2. The summed E-state index contributed by atoms with van der Waals surface area (Å²) in [6, 6.07) is 18.0. The Morgan fingerprint density at radius 3 is 2.58 bits per heavy atom. The van der Waals surface area contributed by atoms with Crippen molar-refractivity contribution < 1.29 is 9.53 Å². The minimum Gasteiger partial charge on any atom is -0.465 e. The lowest BCUT2D eigenvalue weighted by atomic mass is 10.1. The predicted molar refractivity (Wildman–Crippen MR) is 123 cm³/mol. The molecule has 162 valence electrons. The lowest BCUT2D eigenvalue weighted by molar-refractivity contribution is 0.0600. The highest BCUT2D eigenvalue weighted by molar-refractivity contribution is 7.98. The van der Waals surface area contributed by atoms with Crippen LogP contribution in [0.4, 0.5) is 0 Å². The molecule has 1 atom stereocenters. The van der Waals surface area contributed by atoms with Gasteiger partial charge >= 0.3 is 5.97 Å². The van der Waals surface area contributed by atoms with Gasteiger partial charge in [-0.1, -0.05) is 48.5 Å². The fourth-order valence-corrected chi connectivity index (χ4v) is 4.89. The molecule has 1 saturated heterocycles. The normalized spacial score (nSPS) is 15.5. The Labute approximate surface area is 187 Å². The van der Waals surface area contributed by atoms with Gasteiger partial charge in [-0.05, 0) is 62.7 Å². The number of hydrogen-bond donors (Lipinski definition) is 0. The first-order valence-electron chi connectivity index (χ1n) is 10.7. The first-order chi connectivity index (χ1) is 15.2. The lowest BCUT2D eigenvalue weighted by Gasteiger charge is -2.31. The second-order valence-electron chi connectivity index (χ2n) is 7.76. The van der Waals surface area contributed by atoms with Gasteiger partial charge < -0.3 is 4.74 Å². The molecule has 2 aromatic carbocycles. The Bertz CT molecular complexity index is 1020. The largest absolute Gasteiger partial charge is 0.465 e. The number of aromatic nitrogens is 3. The molecule has 0 unspecified atom stereocenters. The summed E-state index contributed by atoms with van der Waals surface area (Å²) in [6.45, 7) is 4.43. The van der Waals surface area contributed by atoms with E-state index in [2.05, 4.69) is 38.7 Å². The summed E-state index contributed by atoms with van der Waals surface area (Å²) in [5, 5.41) is 10.0. The Balaban J connectivity index is 1.60. The number of esters is 1. The van der Waals surface area contributed by atoms with E-state index in [4.69, 9.17) is 4.74 Å². The third-order valence-electron chi connectivity index (χ3n) is 5.70. The molecule has 4 rings (SSSR count). The van der Waals surface area contributed by atoms with E-state index in [0.717, 1.165) is 35.3 Å². The number of hydrogen-bond acceptors (Lipinski definition) is 6. The molecule has 0 radical (unpaired) electrons. The van der Waals surface area contributed by atoms with Gasteiger partial charge in [0.2, 0.25) is 0 Å². The van der Waals surface area contributed by atoms with Crippen LogP contribution < -0.4 is 0 Å². The smallest absolute Gasteiger partial charge is 0.337 e. The molecule has 0 saturated carbocycles. The molecular formula is C24H28N4O2S. The SMILES string of the molecule is COC(=O)c1cccc(CSc2nnc([C@H](C)N3CCCCC3)n2-c2ccccc2)c1. The van der Waals surface area contributed by atoms with Gasteiger partial charge in [-0.25, -0.2) is 4.79 Å². The Hall–Kier alpha value is -2.64. The molecule has 2 heterocycles. The van der Waals surface area contributed by atoms with Crippen LogP contribution in [-0.2, 0) is 10.5 Å². The van der Waals surface area contributed by atoms with E-state index in [9.17, 15) is 4.79 Å². The molecule has 0 bridgehead atoms. The van der Waals surface area contributed by atoms with Gasteiger partial charge in [0.15, 0.2) is 11.0 Å². The Morgan fingerprint density at radius 1 is 1.06 bits per heavy atom. The van der Waals surface area contributed by atoms with Crippen LogP contribution in [-0.4, -0.2) is 45.8 Å². The second-order valence-corrected chi connectivity index (χ2v) is 8.71. The van der Waals surface area contributed by atoms with E-state index in [0.29, 0.717) is 11.3 Å². The number of thioether (sulfide) groups is 1. The quantitative estimate of drug-likeness (QED) is 0.388. The van der Waals surface area contributed by atoms with Crippen LogP contribution in [0.2, 0.25) is 0 Å². The highest BCUT2D eigenvalue weighted by atomic mass is 32.2. The molecule has 0 spiro atoms. The maximum absolute atomic E-state index is 11.8. The summed E-state index contributed by atoms with van der Waals surface area (Å²) in [6.07, 6.45) is 3.78. The van der Waals surface area contributed by atoms with Crippen LogP contribution >= 0.6 is 11.8 Å². The monoisotopic (exact) mass is 436 g/mol. The van der Waals surface area contributed by atoms with E-state index in [1.54, 1.807) is 17.8 Å². The van der Waals surface area contributed by atoms with Crippen LogP contribution in [0, 0.1) is 0 Å². The van der Waals surface area contributed by atoms with Gasteiger partial charge in [0.05, 0.1) is 18.7 Å². The topological polar surface area (TPSA) is 60.2 Å². The fraction of sp³-hybridized carbons (Fsp3) is 0.375. The first-order valence-corrected chi connectivity index (χ1v) is 11.7. The average Bonchev–Trinajstić information content (AvgIpc) is 3.27. The van der Waals surface area contributed by atoms with Gasteiger partial charge in [-0.3, -0.25) is 9.47 Å². The van der Waals surface area contributed by atoms with Crippen molar-refractivity contribution >= 4 is 17.7 Å². The van der Waals surface area contributed by atoms with Crippen LogP contribution in [0.1, 0.15) is 54.0 Å². The van der Waals surface area contributed by atoms with Crippen LogP contribution in [0.5, 0.6) is 0 Å². The zero-order chi connectivity index (χ0) is 21.6. The Kier molecular flexibility index (Phi) is 7.04. The molecule has 1 fully saturated rings. The number of piperidine rings is 1. The number of para-hydroxylation sites is 1. The summed E-state index contributed by atoms with van der Waals surface area (Å²) >= 11 is 1.63. The number of likely N-dealkylation sites (tertiary alicyclic amines) is 1. The fourth-order valence-electron chi connectivity index (χ4n) is 3.99. The highest BCUT2D eigenvalue weighted by Crippen LogP contribution is 2.30. The Morgan fingerprint density at radius 2 is 1.84 bits per heavy atom. The number of nitrogens with zero attached hydrogens (tertiary/aromatic N) is 4. The van der Waals surface area contributed by atoms with E-state index < -0.39 is 0 Å². The molecule has 1 aliphatic rings. The van der Waals surface area contributed by atoms with Gasteiger partial charge in [-0.2, -0.15) is 0 Å². The maximum Gasteiger partial charge on any atom is 0.337 e. The number of ether oxygens (including phenoxy) is 1. The van der Waals surface area contributed by atoms with E-state index in [-0.39, 0.29) is 12.0 Å². The third-order valence-corrected chi connectivity index (χ3v) is 6.70. The van der Waals surface area contributed by atoms with Crippen molar-refractivity contribution in [3.8, 4) is 5.69 Å². The zero-order valence-electron chi connectivity index (χ0n) is 18.0. The molecule has 3 aromatic rings. The lowest BCUT2D eigenvalue weighted by Crippen LogP contribution is -2.33. The molecule has 1 aliphatic heterocycles. The van der Waals surface area contributed by atoms with Crippen LogP contribution in [0.3, 0.4) is 0 Å². The van der Waals surface area contributed by atoms with Crippen molar-refractivity contribution in [2.75, 3.05) is 20.2 Å². The van der Waals surface area contributed by atoms with Crippen molar-refractivity contribution in [1.82, 2.24) is 19.7 Å². The van der Waals surface area contributed by atoms with Crippen molar-refractivity contribution in [2.45, 2.75) is 43.1 Å². The standard InChI is InChI=1S/C24H28N4O2S/c1-18(27-14-7-4-8-15-27)22-25-26-24(28(22)21-12-5-3-6-13-21)31-17-19-10-9-11-20(16-19)23(29)30-2/h3,5-6,9-13,16,18H,4,7-8,14-15,17H2,1-2H3/t18-/m0/s1. The summed E-state index contributed by atoms with van der Waals surface area (Å²) in [5.74, 6) is 1.34. The average molecular weight is 437 g/mol. The summed E-state index contributed by atoms with van der Waals surface area (Å²) in [7, 11) is 1.40. The number of carbonyl (C=O) groups excluding carboxylic acids is 1. The van der Waals surface area contributed by atoms with Crippen molar-refractivity contribution in [3.63, 3.8) is 0 Å². The summed E-state index contributed by atoms with van der Waals surface area (Å²) < 4.78 is 7.02. The predicted octanol–water partition coefficient (Wildman–Crippen LogP) is 4.89. The molecule has 1 aromatic heterocycles. The number of rotatable bonds is 7. The molecule has 0 amide bonds. The number of carbonyl (C=O) groups is 1. The van der Waals surface area contributed by atoms with E-state index in [1.165, 1.54) is 26.4 Å². The minimum absolute atomic E-state index is 0.199. The van der Waals surface area contributed by atoms with Gasteiger partial charge in [0.1, 0.15) is 0 Å². The van der Waals surface area contributed by atoms with E-state index >= 15 is 0 Å². The van der Waals surface area contributed by atoms with Gasteiger partial charge in [-0.15, -0.1) is 10.2 Å².